The lowest BCUT2D eigenvalue weighted by molar-refractivity contribution is -0.167. The molecule has 0 spiro atoms. The average molecular weight is 1090 g/mol. The van der Waals surface area contributed by atoms with Crippen molar-refractivity contribution in [1.82, 2.24) is 0 Å². The average Bonchev–Trinajstić information content (AvgIpc) is 3.44. The summed E-state index contributed by atoms with van der Waals surface area (Å²) in [7, 11) is 0. The number of hydrogen-bond donors (Lipinski definition) is 0. The molecule has 78 heavy (non-hydrogen) atoms. The van der Waals surface area contributed by atoms with Gasteiger partial charge in [0.15, 0.2) is 6.10 Å². The van der Waals surface area contributed by atoms with E-state index in [9.17, 15) is 14.4 Å². The van der Waals surface area contributed by atoms with Gasteiger partial charge in [-0.15, -0.1) is 0 Å². The Morgan fingerprint density at radius 3 is 0.744 bits per heavy atom. The zero-order valence-corrected chi connectivity index (χ0v) is 52.2. The molecule has 454 valence electrons. The lowest BCUT2D eigenvalue weighted by Crippen LogP contribution is -2.30. The molecule has 0 fully saturated rings. The summed E-state index contributed by atoms with van der Waals surface area (Å²) in [4.78, 5) is 38.4. The largest absolute Gasteiger partial charge is 0.462 e. The van der Waals surface area contributed by atoms with Crippen LogP contribution in [0.25, 0.3) is 0 Å². The third-order valence-electron chi connectivity index (χ3n) is 15.2. The first-order valence-corrected chi connectivity index (χ1v) is 34.3. The van der Waals surface area contributed by atoms with Crippen molar-refractivity contribution < 1.29 is 28.6 Å². The molecule has 0 N–H and O–H groups in total. The summed E-state index contributed by atoms with van der Waals surface area (Å²) in [6.07, 6.45) is 85.2. The minimum absolute atomic E-state index is 0.0758. The van der Waals surface area contributed by atoms with E-state index in [1.807, 2.05) is 0 Å². The van der Waals surface area contributed by atoms with Gasteiger partial charge in [-0.05, 0) is 109 Å². The van der Waals surface area contributed by atoms with Crippen LogP contribution < -0.4 is 0 Å². The van der Waals surface area contributed by atoms with Gasteiger partial charge in [-0.3, -0.25) is 14.4 Å². The van der Waals surface area contributed by atoms with E-state index in [1.165, 1.54) is 244 Å². The number of allylic oxidation sites excluding steroid dienone is 10. The van der Waals surface area contributed by atoms with Crippen molar-refractivity contribution in [1.29, 1.82) is 0 Å². The second-order valence-electron chi connectivity index (χ2n) is 23.1. The molecular formula is C72H130O6. The standard InChI is InChI=1S/C72H130O6/c1-4-7-10-13-16-19-22-25-28-30-32-33-34-35-36-37-38-39-41-42-44-47-50-53-56-59-62-65-71(74)77-68-69(67-76-70(73)64-61-58-55-52-49-46-27-24-21-18-15-12-9-6-3)78-72(75)66-63-60-57-54-51-48-45-43-40-31-29-26-23-20-17-14-11-8-5-2/h17,20,22,24-27,29-30,32,69H,4-16,18-19,21,23,28,31,33-68H2,1-3H3/b20-17-,25-22-,27-24-,29-26-,32-30-. The molecule has 0 aromatic rings. The van der Waals surface area contributed by atoms with Crippen LogP contribution in [-0.2, 0) is 28.6 Å². The van der Waals surface area contributed by atoms with Crippen molar-refractivity contribution in [2.75, 3.05) is 13.2 Å². The predicted octanol–water partition coefficient (Wildman–Crippen LogP) is 23.5. The van der Waals surface area contributed by atoms with E-state index in [4.69, 9.17) is 14.2 Å². The van der Waals surface area contributed by atoms with Gasteiger partial charge in [0, 0.05) is 19.3 Å². The Labute approximate surface area is 485 Å². The number of carbonyl (C=O) groups is 3. The van der Waals surface area contributed by atoms with Gasteiger partial charge in [-0.25, -0.2) is 0 Å². The SMILES string of the molecule is CCCCC/C=C\C/C=C\CCCCCCCCCCCC(=O)OC(COC(=O)CCCCCCC/C=C\CCCCCCC)COC(=O)CCCCCCCCCCCCCCCCC/C=C\C/C=C\CCCCCCC. The highest BCUT2D eigenvalue weighted by molar-refractivity contribution is 5.71. The fourth-order valence-electron chi connectivity index (χ4n) is 10.0. The molecule has 1 atom stereocenters. The molecule has 0 saturated heterocycles. The fourth-order valence-corrected chi connectivity index (χ4v) is 10.0. The van der Waals surface area contributed by atoms with Crippen LogP contribution in [0.1, 0.15) is 361 Å². The first-order chi connectivity index (χ1) is 38.5. The minimum Gasteiger partial charge on any atom is -0.462 e. The smallest absolute Gasteiger partial charge is 0.306 e. The van der Waals surface area contributed by atoms with Gasteiger partial charge in [0.1, 0.15) is 13.2 Å². The third-order valence-corrected chi connectivity index (χ3v) is 15.2. The number of esters is 3. The highest BCUT2D eigenvalue weighted by Gasteiger charge is 2.19. The van der Waals surface area contributed by atoms with Crippen molar-refractivity contribution in [3.8, 4) is 0 Å². The summed E-state index contributed by atoms with van der Waals surface area (Å²) in [6.45, 7) is 6.64. The molecule has 0 bridgehead atoms. The lowest BCUT2D eigenvalue weighted by atomic mass is 10.0. The van der Waals surface area contributed by atoms with Crippen LogP contribution in [0.5, 0.6) is 0 Å². The Morgan fingerprint density at radius 2 is 0.462 bits per heavy atom. The summed E-state index contributed by atoms with van der Waals surface area (Å²) in [6, 6.07) is 0. The summed E-state index contributed by atoms with van der Waals surface area (Å²) in [5, 5.41) is 0. The molecular weight excluding hydrogens is 961 g/mol. The van der Waals surface area contributed by atoms with E-state index < -0.39 is 6.10 Å². The molecule has 0 aliphatic rings. The molecule has 1 unspecified atom stereocenters. The quantitative estimate of drug-likeness (QED) is 0.0261. The first-order valence-electron chi connectivity index (χ1n) is 34.3. The molecule has 6 heteroatoms. The topological polar surface area (TPSA) is 78.9 Å². The molecule has 0 aromatic carbocycles. The Bertz CT molecular complexity index is 1390. The minimum atomic E-state index is -0.780. The van der Waals surface area contributed by atoms with E-state index in [1.54, 1.807) is 0 Å². The summed E-state index contributed by atoms with van der Waals surface area (Å²) in [5.74, 6) is -0.869. The Morgan fingerprint density at radius 1 is 0.256 bits per heavy atom. The van der Waals surface area contributed by atoms with Gasteiger partial charge in [0.05, 0.1) is 0 Å². The maximum absolute atomic E-state index is 12.9. The van der Waals surface area contributed by atoms with E-state index in [0.717, 1.165) is 77.0 Å². The van der Waals surface area contributed by atoms with Crippen LogP contribution in [0, 0.1) is 0 Å². The van der Waals surface area contributed by atoms with E-state index in [0.29, 0.717) is 19.3 Å². The second-order valence-corrected chi connectivity index (χ2v) is 23.1. The van der Waals surface area contributed by atoms with Gasteiger partial charge in [-0.1, -0.05) is 293 Å². The normalized spacial score (nSPS) is 12.4. The Hall–Kier alpha value is -2.89. The number of carbonyl (C=O) groups excluding carboxylic acids is 3. The summed E-state index contributed by atoms with van der Waals surface area (Å²) < 4.78 is 17.0. The Kier molecular flexibility index (Phi) is 64.2. The molecule has 0 aromatic heterocycles. The van der Waals surface area contributed by atoms with Crippen molar-refractivity contribution >= 4 is 17.9 Å². The maximum atomic E-state index is 12.9. The lowest BCUT2D eigenvalue weighted by Gasteiger charge is -2.18. The molecule has 0 radical (unpaired) electrons. The van der Waals surface area contributed by atoms with Crippen LogP contribution >= 0.6 is 0 Å². The molecule has 0 rings (SSSR count). The predicted molar refractivity (Wildman–Crippen MR) is 339 cm³/mol. The highest BCUT2D eigenvalue weighted by Crippen LogP contribution is 2.17. The van der Waals surface area contributed by atoms with Gasteiger partial charge < -0.3 is 14.2 Å². The summed E-state index contributed by atoms with van der Waals surface area (Å²) >= 11 is 0. The first kappa shape index (κ1) is 75.1. The molecule has 0 heterocycles. The number of ether oxygens (including phenoxy) is 3. The molecule has 0 aliphatic heterocycles. The molecule has 0 aliphatic carbocycles. The monoisotopic (exact) mass is 1090 g/mol. The van der Waals surface area contributed by atoms with Crippen molar-refractivity contribution in [3.05, 3.63) is 60.8 Å². The second kappa shape index (κ2) is 66.6. The summed E-state index contributed by atoms with van der Waals surface area (Å²) in [5.41, 5.74) is 0. The van der Waals surface area contributed by atoms with Gasteiger partial charge in [0.2, 0.25) is 0 Å². The zero-order valence-electron chi connectivity index (χ0n) is 52.2. The van der Waals surface area contributed by atoms with Crippen LogP contribution in [0.3, 0.4) is 0 Å². The van der Waals surface area contributed by atoms with E-state index in [2.05, 4.69) is 81.5 Å². The number of unbranched alkanes of at least 4 members (excludes halogenated alkanes) is 42. The van der Waals surface area contributed by atoms with Crippen molar-refractivity contribution in [2.45, 2.75) is 367 Å². The van der Waals surface area contributed by atoms with Gasteiger partial charge >= 0.3 is 17.9 Å². The number of rotatable bonds is 63. The Balaban J connectivity index is 4.26. The molecule has 0 saturated carbocycles. The fraction of sp³-hybridized carbons (Fsp3) is 0.819. The van der Waals surface area contributed by atoms with Gasteiger partial charge in [0.25, 0.3) is 0 Å². The maximum Gasteiger partial charge on any atom is 0.306 e. The van der Waals surface area contributed by atoms with Crippen molar-refractivity contribution in [2.24, 2.45) is 0 Å². The molecule has 6 nitrogen and oxygen atoms in total. The van der Waals surface area contributed by atoms with Crippen LogP contribution in [0.4, 0.5) is 0 Å². The number of hydrogen-bond acceptors (Lipinski definition) is 6. The van der Waals surface area contributed by atoms with Crippen LogP contribution in [0.15, 0.2) is 60.8 Å². The molecule has 0 amide bonds. The third kappa shape index (κ3) is 63.9. The van der Waals surface area contributed by atoms with E-state index in [-0.39, 0.29) is 31.1 Å². The van der Waals surface area contributed by atoms with Crippen molar-refractivity contribution in [3.63, 3.8) is 0 Å². The highest BCUT2D eigenvalue weighted by atomic mass is 16.6. The van der Waals surface area contributed by atoms with E-state index >= 15 is 0 Å². The zero-order chi connectivity index (χ0) is 56.4. The van der Waals surface area contributed by atoms with Crippen LogP contribution in [0.2, 0.25) is 0 Å². The van der Waals surface area contributed by atoms with Gasteiger partial charge in [-0.2, -0.15) is 0 Å². The van der Waals surface area contributed by atoms with Crippen LogP contribution in [-0.4, -0.2) is 37.2 Å².